The van der Waals surface area contributed by atoms with Crippen molar-refractivity contribution < 1.29 is 29.3 Å². The van der Waals surface area contributed by atoms with E-state index >= 15 is 0 Å². The van der Waals surface area contributed by atoms with Crippen LogP contribution in [-0.2, 0) is 20.8 Å². The van der Waals surface area contributed by atoms with Gasteiger partial charge in [0, 0.05) is 0 Å². The minimum Gasteiger partial charge on any atom is -0.480 e. The molecule has 0 bridgehead atoms. The third-order valence-corrected chi connectivity index (χ3v) is 4.23. The van der Waals surface area contributed by atoms with Gasteiger partial charge in [-0.25, -0.2) is 4.79 Å². The topological polar surface area (TPSA) is 205 Å². The Morgan fingerprint density at radius 1 is 0.903 bits per heavy atom. The van der Waals surface area contributed by atoms with Gasteiger partial charge in [0.05, 0.1) is 0 Å². The number of aliphatic carboxylic acids is 2. The summed E-state index contributed by atoms with van der Waals surface area (Å²) in [6.07, 6.45) is 2.89. The SMILES string of the molecule is CC(C)C[C@H](N)C(=O)O.NCCCC[C@H](N)C(=O)Oc1ccc(C[C@H](N)C(=O)O)cc1. The fourth-order valence-electron chi connectivity index (χ4n) is 2.46. The second-order valence-electron chi connectivity index (χ2n) is 7.68. The number of ether oxygens (including phenoxy) is 1. The highest BCUT2D eigenvalue weighted by Crippen LogP contribution is 2.14. The van der Waals surface area contributed by atoms with Gasteiger partial charge in [-0.2, -0.15) is 0 Å². The van der Waals surface area contributed by atoms with Gasteiger partial charge in [-0.05, 0) is 55.8 Å². The smallest absolute Gasteiger partial charge is 0.328 e. The number of benzene rings is 1. The molecule has 1 aromatic carbocycles. The molecular formula is C21H36N4O6. The first kappa shape index (κ1) is 28.5. The molecule has 0 aliphatic heterocycles. The van der Waals surface area contributed by atoms with Gasteiger partial charge in [0.25, 0.3) is 0 Å². The van der Waals surface area contributed by atoms with Crippen LogP contribution in [0.1, 0.15) is 45.1 Å². The Labute approximate surface area is 182 Å². The summed E-state index contributed by atoms with van der Waals surface area (Å²) in [6.45, 7) is 4.47. The van der Waals surface area contributed by atoms with Crippen molar-refractivity contribution in [3.05, 3.63) is 29.8 Å². The van der Waals surface area contributed by atoms with Crippen molar-refractivity contribution in [1.29, 1.82) is 0 Å². The Bertz CT molecular complexity index is 681. The third kappa shape index (κ3) is 13.4. The molecule has 0 saturated carbocycles. The predicted molar refractivity (Wildman–Crippen MR) is 117 cm³/mol. The Morgan fingerprint density at radius 2 is 1.45 bits per heavy atom. The van der Waals surface area contributed by atoms with Gasteiger partial charge in [-0.3, -0.25) is 9.59 Å². The molecule has 10 N–H and O–H groups in total. The normalized spacial score (nSPS) is 13.5. The standard InChI is InChI=1S/C15H23N3O4.C6H13NO2/c16-8-2-1-3-12(17)15(21)22-11-6-4-10(5-7-11)9-13(18)14(19)20;1-4(2)3-5(7)6(8)9/h4-7,12-13H,1-3,8-9,16-18H2,(H,19,20);4-5H,3,7H2,1-2H3,(H,8,9)/t12-,13-;5-/m00/s1. The first-order valence-corrected chi connectivity index (χ1v) is 10.2. The van der Waals surface area contributed by atoms with Crippen LogP contribution in [0.15, 0.2) is 24.3 Å². The van der Waals surface area contributed by atoms with Gasteiger partial charge >= 0.3 is 17.9 Å². The van der Waals surface area contributed by atoms with E-state index in [-0.39, 0.29) is 6.42 Å². The number of esters is 1. The predicted octanol–water partition coefficient (Wildman–Crippen LogP) is 0.447. The van der Waals surface area contributed by atoms with E-state index in [9.17, 15) is 14.4 Å². The number of hydrogen-bond donors (Lipinski definition) is 6. The Kier molecular flexibility index (Phi) is 14.0. The van der Waals surface area contributed by atoms with Crippen molar-refractivity contribution in [2.75, 3.05) is 6.54 Å². The quantitative estimate of drug-likeness (QED) is 0.150. The van der Waals surface area contributed by atoms with Gasteiger partial charge in [0.1, 0.15) is 23.9 Å². The fourth-order valence-corrected chi connectivity index (χ4v) is 2.46. The molecule has 10 nitrogen and oxygen atoms in total. The molecule has 0 aromatic heterocycles. The van der Waals surface area contributed by atoms with Crippen molar-refractivity contribution in [2.24, 2.45) is 28.9 Å². The van der Waals surface area contributed by atoms with Crippen molar-refractivity contribution in [2.45, 2.75) is 64.1 Å². The first-order chi connectivity index (χ1) is 14.5. The van der Waals surface area contributed by atoms with E-state index in [0.29, 0.717) is 31.1 Å². The van der Waals surface area contributed by atoms with Gasteiger partial charge in [-0.1, -0.05) is 32.4 Å². The van der Waals surface area contributed by atoms with Gasteiger partial charge in [0.2, 0.25) is 0 Å². The lowest BCUT2D eigenvalue weighted by molar-refractivity contribution is -0.139. The molecule has 0 heterocycles. The highest BCUT2D eigenvalue weighted by atomic mass is 16.5. The van der Waals surface area contributed by atoms with Crippen LogP contribution < -0.4 is 27.7 Å². The van der Waals surface area contributed by atoms with Crippen LogP contribution in [0.25, 0.3) is 0 Å². The zero-order chi connectivity index (χ0) is 24.0. The van der Waals surface area contributed by atoms with E-state index in [1.807, 2.05) is 13.8 Å². The number of carboxylic acid groups (broad SMARTS) is 2. The lowest BCUT2D eigenvalue weighted by atomic mass is 10.1. The van der Waals surface area contributed by atoms with Gasteiger partial charge in [-0.15, -0.1) is 0 Å². The molecule has 0 aliphatic rings. The van der Waals surface area contributed by atoms with Crippen LogP contribution in [0, 0.1) is 5.92 Å². The highest BCUT2D eigenvalue weighted by molar-refractivity contribution is 5.78. The Morgan fingerprint density at radius 3 is 1.87 bits per heavy atom. The van der Waals surface area contributed by atoms with Crippen molar-refractivity contribution in [3.63, 3.8) is 0 Å². The van der Waals surface area contributed by atoms with Crippen molar-refractivity contribution in [3.8, 4) is 5.75 Å². The highest BCUT2D eigenvalue weighted by Gasteiger charge is 2.16. The largest absolute Gasteiger partial charge is 0.480 e. The number of carbonyl (C=O) groups is 3. The van der Waals surface area contributed by atoms with Crippen LogP contribution in [0.5, 0.6) is 5.75 Å². The maximum atomic E-state index is 11.8. The molecule has 0 spiro atoms. The van der Waals surface area contributed by atoms with Crippen LogP contribution in [0.2, 0.25) is 0 Å². The van der Waals surface area contributed by atoms with Crippen LogP contribution >= 0.6 is 0 Å². The summed E-state index contributed by atoms with van der Waals surface area (Å²) >= 11 is 0. The number of carbonyl (C=O) groups excluding carboxylic acids is 1. The van der Waals surface area contributed by atoms with Crippen molar-refractivity contribution in [1.82, 2.24) is 0 Å². The summed E-state index contributed by atoms with van der Waals surface area (Å²) in [4.78, 5) is 32.6. The maximum Gasteiger partial charge on any atom is 0.328 e. The second-order valence-corrected chi connectivity index (χ2v) is 7.68. The molecule has 10 heteroatoms. The first-order valence-electron chi connectivity index (χ1n) is 10.2. The number of nitrogens with two attached hydrogens (primary N) is 4. The third-order valence-electron chi connectivity index (χ3n) is 4.23. The summed E-state index contributed by atoms with van der Waals surface area (Å²) in [7, 11) is 0. The summed E-state index contributed by atoms with van der Waals surface area (Å²) < 4.78 is 5.17. The zero-order valence-electron chi connectivity index (χ0n) is 18.2. The molecule has 0 radical (unpaired) electrons. The molecule has 0 fully saturated rings. The summed E-state index contributed by atoms with van der Waals surface area (Å²) in [5.74, 6) is -1.74. The Hall–Kier alpha value is -2.53. The molecule has 176 valence electrons. The summed E-state index contributed by atoms with van der Waals surface area (Å²) in [5, 5.41) is 17.1. The van der Waals surface area contributed by atoms with E-state index in [1.165, 1.54) is 0 Å². The molecular weight excluding hydrogens is 404 g/mol. The lowest BCUT2D eigenvalue weighted by Crippen LogP contribution is -2.34. The number of carboxylic acids is 2. The molecule has 1 rings (SSSR count). The molecule has 0 unspecified atom stereocenters. The zero-order valence-corrected chi connectivity index (χ0v) is 18.2. The molecule has 1 aromatic rings. The second kappa shape index (κ2) is 15.3. The minimum absolute atomic E-state index is 0.210. The average Bonchev–Trinajstić information content (AvgIpc) is 2.69. The van der Waals surface area contributed by atoms with E-state index in [1.54, 1.807) is 24.3 Å². The Balaban J connectivity index is 0.000000842. The molecule has 31 heavy (non-hydrogen) atoms. The average molecular weight is 441 g/mol. The molecule has 0 saturated heterocycles. The number of hydrogen-bond acceptors (Lipinski definition) is 8. The monoisotopic (exact) mass is 440 g/mol. The van der Waals surface area contributed by atoms with Crippen LogP contribution in [0.4, 0.5) is 0 Å². The van der Waals surface area contributed by atoms with E-state index in [4.69, 9.17) is 37.9 Å². The summed E-state index contributed by atoms with van der Waals surface area (Å²) in [6, 6.07) is 4.21. The number of rotatable bonds is 12. The van der Waals surface area contributed by atoms with Gasteiger partial charge in [0.15, 0.2) is 0 Å². The van der Waals surface area contributed by atoms with E-state index in [2.05, 4.69) is 0 Å². The molecule has 3 atom stereocenters. The fraction of sp³-hybridized carbons (Fsp3) is 0.571. The van der Waals surface area contributed by atoms with E-state index in [0.717, 1.165) is 18.4 Å². The van der Waals surface area contributed by atoms with Gasteiger partial charge < -0.3 is 37.9 Å². The lowest BCUT2D eigenvalue weighted by Gasteiger charge is -2.11. The molecule has 0 amide bonds. The van der Waals surface area contributed by atoms with Crippen LogP contribution in [-0.4, -0.2) is 52.8 Å². The summed E-state index contributed by atoms with van der Waals surface area (Å²) in [5.41, 5.74) is 22.5. The number of unbranched alkanes of at least 4 members (excludes halogenated alkanes) is 1. The minimum atomic E-state index is -1.06. The van der Waals surface area contributed by atoms with E-state index < -0.39 is 36.0 Å². The maximum absolute atomic E-state index is 11.8. The van der Waals surface area contributed by atoms with Crippen molar-refractivity contribution >= 4 is 17.9 Å². The van der Waals surface area contributed by atoms with Crippen LogP contribution in [0.3, 0.4) is 0 Å². The molecule has 0 aliphatic carbocycles.